The average molecular weight is 455 g/mol. The number of benzene rings is 1. The molecule has 1 atom stereocenters. The van der Waals surface area contributed by atoms with Crippen molar-refractivity contribution in [3.05, 3.63) is 29.3 Å². The lowest BCUT2D eigenvalue weighted by atomic mass is 10.0. The Morgan fingerprint density at radius 1 is 1.12 bits per heavy atom. The number of fused-ring (bicyclic) bond motifs is 1. The van der Waals surface area contributed by atoms with E-state index in [1.165, 1.54) is 18.2 Å². The van der Waals surface area contributed by atoms with Crippen LogP contribution in [0.2, 0.25) is 0 Å². The van der Waals surface area contributed by atoms with E-state index in [1.54, 1.807) is 5.32 Å². The summed E-state index contributed by atoms with van der Waals surface area (Å²) in [5, 5.41) is 3.89. The number of hydrogen-bond donors (Lipinski definition) is 2. The number of rotatable bonds is 8. The number of alkyl halides is 3. The number of carbonyl (C=O) groups excluding carboxylic acids is 5. The maximum absolute atomic E-state index is 12.9. The summed E-state index contributed by atoms with van der Waals surface area (Å²) < 4.78 is 41.9. The maximum Gasteiger partial charge on any atom is 0.471 e. The third kappa shape index (κ3) is 4.89. The van der Waals surface area contributed by atoms with Crippen molar-refractivity contribution in [2.75, 3.05) is 13.2 Å². The zero-order valence-corrected chi connectivity index (χ0v) is 16.8. The van der Waals surface area contributed by atoms with Gasteiger partial charge in [0.25, 0.3) is 11.8 Å². The lowest BCUT2D eigenvalue weighted by Gasteiger charge is -2.27. The fraction of sp³-hybridized carbons (Fsp3) is 0.450. The van der Waals surface area contributed by atoms with Gasteiger partial charge in [-0.1, -0.05) is 6.07 Å². The Balaban J connectivity index is 1.54. The normalized spacial score (nSPS) is 18.5. The Bertz CT molecular complexity index is 962. The van der Waals surface area contributed by atoms with Crippen LogP contribution in [0.15, 0.2) is 18.2 Å². The lowest BCUT2D eigenvalue weighted by Crippen LogP contribution is -2.54. The van der Waals surface area contributed by atoms with E-state index < -0.39 is 41.8 Å². The van der Waals surface area contributed by atoms with Crippen LogP contribution in [0.4, 0.5) is 13.2 Å². The second-order valence-corrected chi connectivity index (χ2v) is 7.29. The van der Waals surface area contributed by atoms with E-state index in [1.807, 2.05) is 0 Å². The number of amides is 5. The van der Waals surface area contributed by atoms with E-state index in [-0.39, 0.29) is 42.9 Å². The van der Waals surface area contributed by atoms with Gasteiger partial charge in [-0.3, -0.25) is 34.2 Å². The molecule has 5 amide bonds. The molecule has 0 saturated carbocycles. The number of halogens is 3. The van der Waals surface area contributed by atoms with Crippen LogP contribution < -0.4 is 15.4 Å². The summed E-state index contributed by atoms with van der Waals surface area (Å²) in [5.74, 6) is -4.35. The molecule has 0 aliphatic carbocycles. The first-order chi connectivity index (χ1) is 15.1. The Morgan fingerprint density at radius 3 is 2.56 bits per heavy atom. The number of nitrogens with zero attached hydrogens (tertiary/aromatic N) is 1. The molecule has 1 unspecified atom stereocenters. The predicted molar refractivity (Wildman–Crippen MR) is 102 cm³/mol. The van der Waals surface area contributed by atoms with E-state index in [4.69, 9.17) is 4.74 Å². The lowest BCUT2D eigenvalue weighted by molar-refractivity contribution is -0.173. The molecule has 32 heavy (non-hydrogen) atoms. The topological polar surface area (TPSA) is 122 Å². The number of imide groups is 2. The predicted octanol–water partition coefficient (Wildman–Crippen LogP) is 1.32. The van der Waals surface area contributed by atoms with Gasteiger partial charge in [-0.2, -0.15) is 13.2 Å². The molecule has 2 heterocycles. The van der Waals surface area contributed by atoms with Crippen LogP contribution in [0, 0.1) is 0 Å². The summed E-state index contributed by atoms with van der Waals surface area (Å²) in [6.07, 6.45) is -3.66. The Hall–Kier alpha value is -3.44. The molecule has 172 valence electrons. The van der Waals surface area contributed by atoms with Gasteiger partial charge < -0.3 is 10.1 Å². The van der Waals surface area contributed by atoms with Crippen molar-refractivity contribution in [2.24, 2.45) is 0 Å². The molecular weight excluding hydrogens is 435 g/mol. The number of ether oxygens (including phenoxy) is 1. The molecule has 1 aromatic rings. The first-order valence-corrected chi connectivity index (χ1v) is 9.93. The zero-order chi connectivity index (χ0) is 23.5. The van der Waals surface area contributed by atoms with Crippen LogP contribution in [0.5, 0.6) is 5.75 Å². The summed E-state index contributed by atoms with van der Waals surface area (Å²) >= 11 is 0. The highest BCUT2D eigenvalue weighted by molar-refractivity contribution is 6.24. The molecule has 0 spiro atoms. The van der Waals surface area contributed by atoms with Crippen molar-refractivity contribution in [1.29, 1.82) is 0 Å². The Morgan fingerprint density at radius 2 is 1.88 bits per heavy atom. The molecular formula is C20H20F3N3O6. The summed E-state index contributed by atoms with van der Waals surface area (Å²) in [6.45, 7) is -0.00343. The molecule has 9 nitrogen and oxygen atoms in total. The standard InChI is InChI=1S/C20H20F3N3O6/c21-20(22,23)19(31)24-9-2-1-3-10-32-13-6-4-5-11-15(13)18(30)26(17(11)29)12-7-8-14(27)25-16(12)28/h4-6,12H,1-3,7-10H2,(H,24,31)(H,25,27,28). The summed E-state index contributed by atoms with van der Waals surface area (Å²) in [6, 6.07) is 3.39. The summed E-state index contributed by atoms with van der Waals surface area (Å²) in [7, 11) is 0. The van der Waals surface area contributed by atoms with Crippen molar-refractivity contribution < 1.29 is 41.9 Å². The fourth-order valence-corrected chi connectivity index (χ4v) is 3.49. The van der Waals surface area contributed by atoms with Crippen LogP contribution in [0.3, 0.4) is 0 Å². The van der Waals surface area contributed by atoms with Gasteiger partial charge in [0.1, 0.15) is 11.8 Å². The second kappa shape index (κ2) is 9.37. The maximum atomic E-state index is 12.9. The van der Waals surface area contributed by atoms with E-state index >= 15 is 0 Å². The van der Waals surface area contributed by atoms with Gasteiger partial charge in [0.05, 0.1) is 17.7 Å². The van der Waals surface area contributed by atoms with Gasteiger partial charge in [0.15, 0.2) is 0 Å². The third-order valence-corrected chi connectivity index (χ3v) is 5.05. The van der Waals surface area contributed by atoms with Crippen LogP contribution >= 0.6 is 0 Å². The van der Waals surface area contributed by atoms with Crippen molar-refractivity contribution >= 4 is 29.5 Å². The molecule has 1 aromatic carbocycles. The van der Waals surface area contributed by atoms with Gasteiger partial charge >= 0.3 is 12.1 Å². The van der Waals surface area contributed by atoms with Crippen LogP contribution in [-0.2, 0) is 14.4 Å². The Labute approximate surface area is 180 Å². The van der Waals surface area contributed by atoms with E-state index in [9.17, 15) is 37.1 Å². The number of unbranched alkanes of at least 4 members (excludes halogenated alkanes) is 2. The summed E-state index contributed by atoms with van der Waals surface area (Å²) in [4.78, 5) is 60.6. The Kier molecular flexibility index (Phi) is 6.80. The quantitative estimate of drug-likeness (QED) is 0.450. The zero-order valence-electron chi connectivity index (χ0n) is 16.8. The molecule has 3 rings (SSSR count). The summed E-state index contributed by atoms with van der Waals surface area (Å²) in [5.41, 5.74) is 0.117. The van der Waals surface area contributed by atoms with Crippen LogP contribution in [0.1, 0.15) is 52.8 Å². The molecule has 1 fully saturated rings. The van der Waals surface area contributed by atoms with Crippen LogP contribution in [-0.4, -0.2) is 59.8 Å². The molecule has 2 N–H and O–H groups in total. The van der Waals surface area contributed by atoms with E-state index in [2.05, 4.69) is 5.32 Å². The molecule has 0 radical (unpaired) electrons. The van der Waals surface area contributed by atoms with Gasteiger partial charge in [0.2, 0.25) is 11.8 Å². The highest BCUT2D eigenvalue weighted by Gasteiger charge is 2.46. The fourth-order valence-electron chi connectivity index (χ4n) is 3.49. The minimum absolute atomic E-state index is 0.0105. The van der Waals surface area contributed by atoms with Gasteiger partial charge in [-0.15, -0.1) is 0 Å². The van der Waals surface area contributed by atoms with E-state index in [0.29, 0.717) is 19.3 Å². The average Bonchev–Trinajstić information content (AvgIpc) is 2.98. The van der Waals surface area contributed by atoms with Crippen LogP contribution in [0.25, 0.3) is 0 Å². The molecule has 0 aromatic heterocycles. The smallest absolute Gasteiger partial charge is 0.471 e. The molecule has 2 aliphatic heterocycles. The largest absolute Gasteiger partial charge is 0.493 e. The molecule has 0 bridgehead atoms. The minimum atomic E-state index is -4.91. The van der Waals surface area contributed by atoms with E-state index in [0.717, 1.165) is 4.90 Å². The highest BCUT2D eigenvalue weighted by atomic mass is 19.4. The minimum Gasteiger partial charge on any atom is -0.493 e. The SMILES string of the molecule is O=C1CCC(N2C(=O)c3cccc(OCCCCCNC(=O)C(F)(F)F)c3C2=O)C(=O)N1. The number of hydrogen-bond acceptors (Lipinski definition) is 6. The van der Waals surface area contributed by atoms with Crippen molar-refractivity contribution in [1.82, 2.24) is 15.5 Å². The second-order valence-electron chi connectivity index (χ2n) is 7.29. The van der Waals surface area contributed by atoms with Crippen molar-refractivity contribution in [3.63, 3.8) is 0 Å². The number of carbonyl (C=O) groups is 5. The third-order valence-electron chi connectivity index (χ3n) is 5.05. The van der Waals surface area contributed by atoms with Gasteiger partial charge in [-0.25, -0.2) is 0 Å². The molecule has 12 heteroatoms. The number of piperidine rings is 1. The highest BCUT2D eigenvalue weighted by Crippen LogP contribution is 2.33. The number of nitrogens with one attached hydrogen (secondary N) is 2. The monoisotopic (exact) mass is 455 g/mol. The first-order valence-electron chi connectivity index (χ1n) is 9.93. The van der Waals surface area contributed by atoms with Crippen molar-refractivity contribution in [3.8, 4) is 5.75 Å². The first kappa shape index (κ1) is 23.2. The van der Waals surface area contributed by atoms with Crippen molar-refractivity contribution in [2.45, 2.75) is 44.3 Å². The van der Waals surface area contributed by atoms with Gasteiger partial charge in [-0.05, 0) is 37.8 Å². The van der Waals surface area contributed by atoms with Gasteiger partial charge in [0, 0.05) is 13.0 Å². The molecule has 1 saturated heterocycles. The molecule has 2 aliphatic rings.